The molecule has 0 saturated carbocycles. The third kappa shape index (κ3) is 4.59. The second-order valence-electron chi connectivity index (χ2n) is 6.43. The number of carboxylic acid groups (broad SMARTS) is 1. The number of fused-ring (bicyclic) bond motifs is 1. The maximum Gasteiger partial charge on any atom is 0.410 e. The highest BCUT2D eigenvalue weighted by Gasteiger charge is 2.28. The fourth-order valence-corrected chi connectivity index (χ4v) is 2.16. The number of rotatable bonds is 4. The van der Waals surface area contributed by atoms with Crippen molar-refractivity contribution >= 4 is 12.1 Å². The molecule has 2 N–H and O–H groups in total. The number of carbonyl (C=O) groups excluding carboxylic acids is 1. The van der Waals surface area contributed by atoms with E-state index in [-0.39, 0.29) is 12.7 Å². The van der Waals surface area contributed by atoms with Gasteiger partial charge in [-0.15, -0.1) is 0 Å². The Labute approximate surface area is 134 Å². The van der Waals surface area contributed by atoms with Gasteiger partial charge in [-0.3, -0.25) is 4.90 Å². The van der Waals surface area contributed by atoms with Crippen molar-refractivity contribution in [2.45, 2.75) is 45.6 Å². The van der Waals surface area contributed by atoms with E-state index in [4.69, 9.17) is 14.6 Å². The van der Waals surface area contributed by atoms with Gasteiger partial charge in [-0.05, 0) is 44.0 Å². The van der Waals surface area contributed by atoms with Crippen molar-refractivity contribution in [1.82, 2.24) is 4.90 Å². The van der Waals surface area contributed by atoms with Crippen LogP contribution in [0.25, 0.3) is 0 Å². The van der Waals surface area contributed by atoms with Crippen LogP contribution in [0, 0.1) is 0 Å². The summed E-state index contributed by atoms with van der Waals surface area (Å²) in [5.74, 6) is -0.877. The average molecular weight is 323 g/mol. The van der Waals surface area contributed by atoms with Crippen LogP contribution in [0.3, 0.4) is 0 Å². The number of hydrogen-bond acceptors (Lipinski definition) is 5. The number of nitrogens with zero attached hydrogens (tertiary/aromatic N) is 1. The first-order valence-electron chi connectivity index (χ1n) is 7.29. The number of aliphatic carboxylic acids is 1. The van der Waals surface area contributed by atoms with Gasteiger partial charge in [-0.25, -0.2) is 9.59 Å². The van der Waals surface area contributed by atoms with Crippen LogP contribution >= 0.6 is 0 Å². The minimum Gasteiger partial charge on any atom is -0.490 e. The Bertz CT molecular complexity index is 607. The molecule has 0 fully saturated rings. The molecule has 0 saturated heterocycles. The molecule has 1 amide bonds. The highest BCUT2D eigenvalue weighted by atomic mass is 16.6. The van der Waals surface area contributed by atoms with Gasteiger partial charge in [0.1, 0.15) is 18.0 Å². The van der Waals surface area contributed by atoms with Crippen molar-refractivity contribution in [2.24, 2.45) is 0 Å². The number of carboxylic acids is 1. The smallest absolute Gasteiger partial charge is 0.410 e. The molecule has 126 valence electrons. The topological polar surface area (TPSA) is 96.3 Å². The second-order valence-corrected chi connectivity index (χ2v) is 6.43. The first kappa shape index (κ1) is 17.1. The normalized spacial score (nSPS) is 15.0. The zero-order chi connectivity index (χ0) is 17.2. The van der Waals surface area contributed by atoms with Crippen molar-refractivity contribution < 1.29 is 29.3 Å². The van der Waals surface area contributed by atoms with Gasteiger partial charge in [0.15, 0.2) is 6.10 Å². The maximum atomic E-state index is 12.1. The molecule has 2 rings (SSSR count). The van der Waals surface area contributed by atoms with Crippen molar-refractivity contribution in [3.8, 4) is 5.75 Å². The summed E-state index contributed by atoms with van der Waals surface area (Å²) < 4.78 is 10.6. The molecule has 0 spiro atoms. The van der Waals surface area contributed by atoms with Crippen LogP contribution in [0.1, 0.15) is 31.9 Å². The van der Waals surface area contributed by atoms with Crippen LogP contribution in [0.4, 0.5) is 4.79 Å². The first-order chi connectivity index (χ1) is 10.7. The van der Waals surface area contributed by atoms with Gasteiger partial charge in [0.05, 0.1) is 0 Å². The highest BCUT2D eigenvalue weighted by Crippen LogP contribution is 2.28. The SMILES string of the molecule is CC(C)(C)OC(=O)N1Cc2ccc(OC[C@@H](O)C(=O)O)cc2C1. The average Bonchev–Trinajstić information content (AvgIpc) is 2.85. The number of aliphatic hydroxyl groups excluding tert-OH is 1. The van der Waals surface area contributed by atoms with Crippen LogP contribution < -0.4 is 4.74 Å². The second kappa shape index (κ2) is 6.45. The standard InChI is InChI=1S/C16H21NO6/c1-16(2,3)23-15(21)17-7-10-4-5-12(6-11(10)8-17)22-9-13(18)14(19)20/h4-6,13,18H,7-9H2,1-3H3,(H,19,20)/t13-/m1/s1. The van der Waals surface area contributed by atoms with Crippen LogP contribution in [0.2, 0.25) is 0 Å². The fraction of sp³-hybridized carbons (Fsp3) is 0.500. The predicted molar refractivity (Wildman–Crippen MR) is 81.1 cm³/mol. The van der Waals surface area contributed by atoms with E-state index in [1.165, 1.54) is 0 Å². The van der Waals surface area contributed by atoms with Gasteiger partial charge in [-0.1, -0.05) is 6.07 Å². The number of ether oxygens (including phenoxy) is 2. The minimum atomic E-state index is -1.57. The summed E-state index contributed by atoms with van der Waals surface area (Å²) in [6.07, 6.45) is -1.95. The molecule has 0 aromatic heterocycles. The van der Waals surface area contributed by atoms with E-state index in [1.807, 2.05) is 26.8 Å². The Morgan fingerprint density at radius 3 is 2.52 bits per heavy atom. The lowest BCUT2D eigenvalue weighted by molar-refractivity contribution is -0.148. The van der Waals surface area contributed by atoms with Crippen LogP contribution in [0.15, 0.2) is 18.2 Å². The summed E-state index contributed by atoms with van der Waals surface area (Å²) in [4.78, 5) is 24.2. The molecule has 7 nitrogen and oxygen atoms in total. The number of carbonyl (C=O) groups is 2. The molecule has 7 heteroatoms. The Morgan fingerprint density at radius 2 is 1.91 bits per heavy atom. The molecule has 1 atom stereocenters. The number of amides is 1. The lowest BCUT2D eigenvalue weighted by Gasteiger charge is -2.24. The maximum absolute atomic E-state index is 12.1. The molecule has 0 aliphatic carbocycles. The number of hydrogen-bond donors (Lipinski definition) is 2. The van der Waals surface area contributed by atoms with E-state index in [1.54, 1.807) is 17.0 Å². The van der Waals surface area contributed by atoms with E-state index in [9.17, 15) is 14.7 Å². The lowest BCUT2D eigenvalue weighted by atomic mass is 10.1. The number of benzene rings is 1. The largest absolute Gasteiger partial charge is 0.490 e. The van der Waals surface area contributed by atoms with Gasteiger partial charge in [0.25, 0.3) is 0 Å². The Morgan fingerprint density at radius 1 is 1.26 bits per heavy atom. The summed E-state index contributed by atoms with van der Waals surface area (Å²) in [6, 6.07) is 5.25. The molecule has 1 heterocycles. The molecule has 0 unspecified atom stereocenters. The number of aliphatic hydroxyl groups is 1. The zero-order valence-electron chi connectivity index (χ0n) is 13.4. The van der Waals surface area contributed by atoms with E-state index < -0.39 is 17.7 Å². The predicted octanol–water partition coefficient (Wildman–Crippen LogP) is 1.76. The summed E-state index contributed by atoms with van der Waals surface area (Å²) in [6.45, 7) is 5.98. The van der Waals surface area contributed by atoms with Crippen molar-refractivity contribution in [3.05, 3.63) is 29.3 Å². The third-order valence-electron chi connectivity index (χ3n) is 3.24. The van der Waals surface area contributed by atoms with Gasteiger partial charge in [0, 0.05) is 13.1 Å². The van der Waals surface area contributed by atoms with E-state index in [0.717, 1.165) is 11.1 Å². The minimum absolute atomic E-state index is 0.329. The van der Waals surface area contributed by atoms with Gasteiger partial charge >= 0.3 is 12.1 Å². The summed E-state index contributed by atoms with van der Waals surface area (Å²) in [7, 11) is 0. The van der Waals surface area contributed by atoms with Crippen LogP contribution in [-0.4, -0.2) is 45.5 Å². The zero-order valence-corrected chi connectivity index (χ0v) is 13.4. The molecule has 0 bridgehead atoms. The van der Waals surface area contributed by atoms with Crippen LogP contribution in [-0.2, 0) is 22.6 Å². The Balaban J connectivity index is 1.98. The van der Waals surface area contributed by atoms with Gasteiger partial charge in [-0.2, -0.15) is 0 Å². The summed E-state index contributed by atoms with van der Waals surface area (Å²) >= 11 is 0. The molecule has 1 aliphatic rings. The summed E-state index contributed by atoms with van der Waals surface area (Å²) in [5.41, 5.74) is 1.35. The quantitative estimate of drug-likeness (QED) is 0.876. The molecule has 1 aromatic carbocycles. The first-order valence-corrected chi connectivity index (χ1v) is 7.29. The van der Waals surface area contributed by atoms with Crippen LogP contribution in [0.5, 0.6) is 5.75 Å². The van der Waals surface area contributed by atoms with E-state index in [0.29, 0.717) is 18.8 Å². The van der Waals surface area contributed by atoms with Gasteiger partial charge < -0.3 is 19.7 Å². The monoisotopic (exact) mass is 323 g/mol. The molecule has 23 heavy (non-hydrogen) atoms. The van der Waals surface area contributed by atoms with Crippen molar-refractivity contribution in [2.75, 3.05) is 6.61 Å². The van der Waals surface area contributed by atoms with E-state index >= 15 is 0 Å². The Hall–Kier alpha value is -2.28. The molecule has 1 aliphatic heterocycles. The molecular formula is C16H21NO6. The molecule has 1 aromatic rings. The highest BCUT2D eigenvalue weighted by molar-refractivity contribution is 5.72. The molecule has 0 radical (unpaired) electrons. The molecular weight excluding hydrogens is 302 g/mol. The van der Waals surface area contributed by atoms with Gasteiger partial charge in [0.2, 0.25) is 0 Å². The third-order valence-corrected chi connectivity index (χ3v) is 3.24. The lowest BCUT2D eigenvalue weighted by Crippen LogP contribution is -2.33. The summed E-state index contributed by atoms with van der Waals surface area (Å²) in [5, 5.41) is 17.8. The fourth-order valence-electron chi connectivity index (χ4n) is 2.16. The van der Waals surface area contributed by atoms with E-state index in [2.05, 4.69) is 0 Å². The van der Waals surface area contributed by atoms with Crippen molar-refractivity contribution in [3.63, 3.8) is 0 Å². The Kier molecular flexibility index (Phi) is 4.79. The van der Waals surface area contributed by atoms with Crippen molar-refractivity contribution in [1.29, 1.82) is 0 Å².